The number of benzene rings is 2. The van der Waals surface area contributed by atoms with E-state index < -0.39 is 0 Å². The molecule has 0 bridgehead atoms. The maximum atomic E-state index is 13.2. The molecule has 0 radical (unpaired) electrons. The molecule has 0 aliphatic heterocycles. The quantitative estimate of drug-likeness (QED) is 0.669. The zero-order valence-electron chi connectivity index (χ0n) is 9.96. The molecule has 3 heteroatoms. The Morgan fingerprint density at radius 2 is 1.94 bits per heavy atom. The van der Waals surface area contributed by atoms with E-state index in [1.807, 2.05) is 24.3 Å². The van der Waals surface area contributed by atoms with Crippen molar-refractivity contribution in [3.63, 3.8) is 0 Å². The molecule has 1 atom stereocenters. The third-order valence-corrected chi connectivity index (χ3v) is 3.49. The Kier molecular flexibility index (Phi) is 4.26. The van der Waals surface area contributed by atoms with Crippen LogP contribution in [0.1, 0.15) is 22.1 Å². The number of rotatable bonds is 3. The molecule has 0 spiro atoms. The fourth-order valence-corrected chi connectivity index (χ4v) is 2.38. The van der Waals surface area contributed by atoms with Crippen molar-refractivity contribution >= 4 is 23.2 Å². The molecule has 0 amide bonds. The van der Waals surface area contributed by atoms with Gasteiger partial charge in [-0.15, -0.1) is 11.6 Å². The SMILES string of the molecule is Cc1cc(C(Cl)Cc2cccc(Cl)c2)ccc1F. The van der Waals surface area contributed by atoms with Gasteiger partial charge in [0.2, 0.25) is 0 Å². The van der Waals surface area contributed by atoms with Gasteiger partial charge >= 0.3 is 0 Å². The lowest BCUT2D eigenvalue weighted by molar-refractivity contribution is 0.617. The summed E-state index contributed by atoms with van der Waals surface area (Å²) >= 11 is 12.3. The summed E-state index contributed by atoms with van der Waals surface area (Å²) in [4.78, 5) is 0. The molecule has 2 rings (SSSR count). The maximum Gasteiger partial charge on any atom is 0.126 e. The van der Waals surface area contributed by atoms with E-state index in [0.29, 0.717) is 17.0 Å². The fraction of sp³-hybridized carbons (Fsp3) is 0.200. The number of aryl methyl sites for hydroxylation is 1. The molecule has 0 fully saturated rings. The van der Waals surface area contributed by atoms with Crippen LogP contribution in [0.3, 0.4) is 0 Å². The highest BCUT2D eigenvalue weighted by molar-refractivity contribution is 6.30. The second kappa shape index (κ2) is 5.73. The summed E-state index contributed by atoms with van der Waals surface area (Å²) in [5.74, 6) is -0.203. The topological polar surface area (TPSA) is 0 Å². The first-order valence-electron chi connectivity index (χ1n) is 5.71. The van der Waals surface area contributed by atoms with Gasteiger partial charge in [-0.2, -0.15) is 0 Å². The van der Waals surface area contributed by atoms with Gasteiger partial charge in [0.25, 0.3) is 0 Å². The third kappa shape index (κ3) is 3.24. The van der Waals surface area contributed by atoms with Crippen LogP contribution >= 0.6 is 23.2 Å². The molecular formula is C15H13Cl2F. The Hall–Kier alpha value is -1.05. The predicted molar refractivity (Wildman–Crippen MR) is 74.9 cm³/mol. The van der Waals surface area contributed by atoms with Gasteiger partial charge in [-0.1, -0.05) is 35.9 Å². The lowest BCUT2D eigenvalue weighted by atomic mass is 10.0. The molecule has 0 aromatic heterocycles. The summed E-state index contributed by atoms with van der Waals surface area (Å²) in [5.41, 5.74) is 2.62. The van der Waals surface area contributed by atoms with Crippen LogP contribution in [0, 0.1) is 12.7 Å². The van der Waals surface area contributed by atoms with Crippen molar-refractivity contribution in [3.05, 3.63) is 70.0 Å². The van der Waals surface area contributed by atoms with E-state index in [2.05, 4.69) is 0 Å². The minimum Gasteiger partial charge on any atom is -0.207 e. The molecule has 1 unspecified atom stereocenters. The summed E-state index contributed by atoms with van der Waals surface area (Å²) in [7, 11) is 0. The summed E-state index contributed by atoms with van der Waals surface area (Å²) < 4.78 is 13.2. The van der Waals surface area contributed by atoms with Crippen LogP contribution in [0.15, 0.2) is 42.5 Å². The van der Waals surface area contributed by atoms with E-state index in [1.165, 1.54) is 6.07 Å². The van der Waals surface area contributed by atoms with Gasteiger partial charge < -0.3 is 0 Å². The summed E-state index contributed by atoms with van der Waals surface area (Å²) in [6, 6.07) is 12.6. The molecule has 18 heavy (non-hydrogen) atoms. The zero-order chi connectivity index (χ0) is 13.1. The zero-order valence-corrected chi connectivity index (χ0v) is 11.5. The Balaban J connectivity index is 2.16. The van der Waals surface area contributed by atoms with Crippen molar-refractivity contribution in [2.75, 3.05) is 0 Å². The van der Waals surface area contributed by atoms with E-state index in [1.54, 1.807) is 19.1 Å². The van der Waals surface area contributed by atoms with Gasteiger partial charge in [-0.05, 0) is 48.2 Å². The monoisotopic (exact) mass is 282 g/mol. The predicted octanol–water partition coefficient (Wildman–Crippen LogP) is 5.31. The lowest BCUT2D eigenvalue weighted by Gasteiger charge is -2.11. The van der Waals surface area contributed by atoms with Crippen LogP contribution in [-0.2, 0) is 6.42 Å². The second-order valence-electron chi connectivity index (χ2n) is 4.31. The van der Waals surface area contributed by atoms with Gasteiger partial charge in [-0.25, -0.2) is 4.39 Å². The van der Waals surface area contributed by atoms with Gasteiger partial charge in [0.15, 0.2) is 0 Å². The average Bonchev–Trinajstić information content (AvgIpc) is 2.32. The van der Waals surface area contributed by atoms with Crippen molar-refractivity contribution < 1.29 is 4.39 Å². The Bertz CT molecular complexity index is 552. The highest BCUT2D eigenvalue weighted by Crippen LogP contribution is 2.27. The first-order chi connectivity index (χ1) is 8.56. The smallest absolute Gasteiger partial charge is 0.126 e. The van der Waals surface area contributed by atoms with Crippen LogP contribution in [-0.4, -0.2) is 0 Å². The van der Waals surface area contributed by atoms with Gasteiger partial charge in [0.1, 0.15) is 5.82 Å². The maximum absolute atomic E-state index is 13.2. The molecule has 2 aromatic rings. The standard InChI is InChI=1S/C15H13Cl2F/c1-10-7-12(5-6-15(10)18)14(17)9-11-3-2-4-13(16)8-11/h2-8,14H,9H2,1H3. The Morgan fingerprint density at radius 3 is 2.61 bits per heavy atom. The van der Waals surface area contributed by atoms with E-state index in [-0.39, 0.29) is 11.2 Å². The van der Waals surface area contributed by atoms with E-state index in [4.69, 9.17) is 23.2 Å². The Labute approximate surface area is 116 Å². The third-order valence-electron chi connectivity index (χ3n) is 2.85. The molecule has 94 valence electrons. The fourth-order valence-electron chi connectivity index (χ4n) is 1.85. The molecule has 0 saturated carbocycles. The molecule has 0 heterocycles. The minimum absolute atomic E-state index is 0.178. The highest BCUT2D eigenvalue weighted by Gasteiger charge is 2.10. The second-order valence-corrected chi connectivity index (χ2v) is 5.27. The molecule has 0 saturated heterocycles. The lowest BCUT2D eigenvalue weighted by Crippen LogP contribution is -1.97. The largest absolute Gasteiger partial charge is 0.207 e. The molecular weight excluding hydrogens is 270 g/mol. The van der Waals surface area contributed by atoms with Gasteiger partial charge in [0, 0.05) is 5.02 Å². The van der Waals surface area contributed by atoms with Crippen molar-refractivity contribution in [3.8, 4) is 0 Å². The number of alkyl halides is 1. The highest BCUT2D eigenvalue weighted by atomic mass is 35.5. The summed E-state index contributed by atoms with van der Waals surface area (Å²) in [6.45, 7) is 1.74. The molecule has 0 aliphatic carbocycles. The van der Waals surface area contributed by atoms with Gasteiger partial charge in [0.05, 0.1) is 5.38 Å². The first-order valence-corrected chi connectivity index (χ1v) is 6.52. The number of halogens is 3. The van der Waals surface area contributed by atoms with E-state index >= 15 is 0 Å². The van der Waals surface area contributed by atoms with Crippen molar-refractivity contribution in [2.45, 2.75) is 18.7 Å². The molecule has 2 aromatic carbocycles. The summed E-state index contributed by atoms with van der Waals surface area (Å²) in [6.07, 6.45) is 0.674. The molecule has 0 N–H and O–H groups in total. The van der Waals surface area contributed by atoms with E-state index in [0.717, 1.165) is 11.1 Å². The van der Waals surface area contributed by atoms with Crippen LogP contribution < -0.4 is 0 Å². The molecule has 0 nitrogen and oxygen atoms in total. The van der Waals surface area contributed by atoms with Crippen molar-refractivity contribution in [1.82, 2.24) is 0 Å². The van der Waals surface area contributed by atoms with Crippen LogP contribution in [0.4, 0.5) is 4.39 Å². The number of hydrogen-bond acceptors (Lipinski definition) is 0. The minimum atomic E-state index is -0.203. The average molecular weight is 283 g/mol. The van der Waals surface area contributed by atoms with Crippen LogP contribution in [0.5, 0.6) is 0 Å². The van der Waals surface area contributed by atoms with E-state index in [9.17, 15) is 4.39 Å². The molecule has 0 aliphatic rings. The van der Waals surface area contributed by atoms with Crippen LogP contribution in [0.2, 0.25) is 5.02 Å². The summed E-state index contributed by atoms with van der Waals surface area (Å²) in [5, 5.41) is 0.523. The first kappa shape index (κ1) is 13.4. The number of hydrogen-bond donors (Lipinski definition) is 0. The normalized spacial score (nSPS) is 12.4. The van der Waals surface area contributed by atoms with Crippen molar-refractivity contribution in [2.24, 2.45) is 0 Å². The Morgan fingerprint density at radius 1 is 1.17 bits per heavy atom. The van der Waals surface area contributed by atoms with Gasteiger partial charge in [-0.3, -0.25) is 0 Å². The van der Waals surface area contributed by atoms with Crippen molar-refractivity contribution in [1.29, 1.82) is 0 Å². The van der Waals surface area contributed by atoms with Crippen LogP contribution in [0.25, 0.3) is 0 Å².